The maximum Gasteiger partial charge on any atom is 0.254 e. The third-order valence-corrected chi connectivity index (χ3v) is 7.06. The molecule has 2 amide bonds. The molecule has 0 spiro atoms. The van der Waals surface area contributed by atoms with Crippen LogP contribution < -0.4 is 10.6 Å². The average Bonchev–Trinajstić information content (AvgIpc) is 3.34. The lowest BCUT2D eigenvalue weighted by Gasteiger charge is -2.40. The number of likely N-dealkylation sites (tertiary alicyclic amines) is 1. The van der Waals surface area contributed by atoms with E-state index in [0.717, 1.165) is 49.5 Å². The minimum atomic E-state index is -0.129. The van der Waals surface area contributed by atoms with E-state index in [4.69, 9.17) is 0 Å². The molecule has 7 heteroatoms. The summed E-state index contributed by atoms with van der Waals surface area (Å²) in [5.41, 5.74) is 2.23. The molecule has 0 aliphatic carbocycles. The molecule has 0 bridgehead atoms. The summed E-state index contributed by atoms with van der Waals surface area (Å²) in [6, 6.07) is 7.09. The molecule has 1 aromatic carbocycles. The minimum absolute atomic E-state index is 0.0267. The van der Waals surface area contributed by atoms with Gasteiger partial charge in [0.25, 0.3) is 11.8 Å². The molecule has 29 heavy (non-hydrogen) atoms. The van der Waals surface area contributed by atoms with Gasteiger partial charge in [-0.25, -0.2) is 4.98 Å². The Bertz CT molecular complexity index is 906. The van der Waals surface area contributed by atoms with E-state index in [1.165, 1.54) is 0 Å². The van der Waals surface area contributed by atoms with E-state index < -0.39 is 0 Å². The van der Waals surface area contributed by atoms with Crippen LogP contribution in [-0.4, -0.2) is 46.9 Å². The van der Waals surface area contributed by atoms with E-state index in [1.54, 1.807) is 35.6 Å². The van der Waals surface area contributed by atoms with Crippen LogP contribution in [0.1, 0.15) is 70.1 Å². The van der Waals surface area contributed by atoms with Crippen LogP contribution >= 0.6 is 11.3 Å². The molecule has 2 N–H and O–H groups in total. The fraction of sp³-hybridized carbons (Fsp3) is 0.500. The van der Waals surface area contributed by atoms with Gasteiger partial charge in [0.1, 0.15) is 5.01 Å². The van der Waals surface area contributed by atoms with Crippen LogP contribution in [0, 0.1) is 6.92 Å². The summed E-state index contributed by atoms with van der Waals surface area (Å²) >= 11 is 1.61. The van der Waals surface area contributed by atoms with Crippen LogP contribution in [0.4, 0.5) is 0 Å². The SMILES string of the molecule is Cc1csc(C2CCCN2C(=O)c2cccc(C(=O)NCCC3(C)CCN3)c2)n1. The number of aromatic nitrogens is 1. The Labute approximate surface area is 175 Å². The van der Waals surface area contributed by atoms with Crippen molar-refractivity contribution in [3.8, 4) is 0 Å². The van der Waals surface area contributed by atoms with Crippen molar-refractivity contribution in [2.24, 2.45) is 0 Å². The zero-order chi connectivity index (χ0) is 20.4. The molecule has 154 valence electrons. The van der Waals surface area contributed by atoms with Crippen molar-refractivity contribution in [3.05, 3.63) is 51.5 Å². The number of amides is 2. The normalized spacial score (nSPS) is 23.7. The van der Waals surface area contributed by atoms with Gasteiger partial charge in [-0.1, -0.05) is 6.07 Å². The van der Waals surface area contributed by atoms with E-state index in [2.05, 4.69) is 22.5 Å². The van der Waals surface area contributed by atoms with Crippen molar-refractivity contribution >= 4 is 23.2 Å². The van der Waals surface area contributed by atoms with Gasteiger partial charge in [-0.3, -0.25) is 9.59 Å². The topological polar surface area (TPSA) is 74.3 Å². The Hall–Kier alpha value is -2.25. The van der Waals surface area contributed by atoms with Gasteiger partial charge in [-0.2, -0.15) is 0 Å². The van der Waals surface area contributed by atoms with Gasteiger partial charge in [-0.15, -0.1) is 11.3 Å². The third kappa shape index (κ3) is 4.36. The number of aryl methyl sites for hydroxylation is 1. The van der Waals surface area contributed by atoms with Crippen molar-refractivity contribution in [1.82, 2.24) is 20.5 Å². The summed E-state index contributed by atoms with van der Waals surface area (Å²) < 4.78 is 0. The zero-order valence-electron chi connectivity index (χ0n) is 17.0. The summed E-state index contributed by atoms with van der Waals surface area (Å²) in [5.74, 6) is -0.155. The highest BCUT2D eigenvalue weighted by Crippen LogP contribution is 2.34. The predicted octanol–water partition coefficient (Wildman–Crippen LogP) is 3.30. The van der Waals surface area contributed by atoms with Crippen LogP contribution in [0.5, 0.6) is 0 Å². The van der Waals surface area contributed by atoms with Gasteiger partial charge in [0.15, 0.2) is 0 Å². The molecule has 6 nitrogen and oxygen atoms in total. The first-order chi connectivity index (χ1) is 14.0. The minimum Gasteiger partial charge on any atom is -0.352 e. The molecule has 4 rings (SSSR count). The number of nitrogens with one attached hydrogen (secondary N) is 2. The first kappa shape index (κ1) is 20.0. The molecule has 2 unspecified atom stereocenters. The smallest absolute Gasteiger partial charge is 0.254 e. The fourth-order valence-corrected chi connectivity index (χ4v) is 5.01. The largest absolute Gasteiger partial charge is 0.352 e. The number of thiazole rings is 1. The van der Waals surface area contributed by atoms with Gasteiger partial charge in [0.05, 0.1) is 6.04 Å². The van der Waals surface area contributed by atoms with Crippen LogP contribution in [0.3, 0.4) is 0 Å². The summed E-state index contributed by atoms with van der Waals surface area (Å²) in [6.45, 7) is 6.55. The lowest BCUT2D eigenvalue weighted by molar-refractivity contribution is 0.0735. The molecule has 1 aromatic heterocycles. The second-order valence-corrected chi connectivity index (χ2v) is 9.20. The molecule has 2 saturated heterocycles. The van der Waals surface area contributed by atoms with Crippen molar-refractivity contribution in [1.29, 1.82) is 0 Å². The highest BCUT2D eigenvalue weighted by molar-refractivity contribution is 7.09. The van der Waals surface area contributed by atoms with Crippen molar-refractivity contribution in [3.63, 3.8) is 0 Å². The highest BCUT2D eigenvalue weighted by Gasteiger charge is 2.33. The molecule has 2 fully saturated rings. The van der Waals surface area contributed by atoms with Gasteiger partial charge >= 0.3 is 0 Å². The van der Waals surface area contributed by atoms with Crippen molar-refractivity contribution in [2.75, 3.05) is 19.6 Å². The Morgan fingerprint density at radius 2 is 2.17 bits per heavy atom. The van der Waals surface area contributed by atoms with Gasteiger partial charge in [0.2, 0.25) is 0 Å². The fourth-order valence-electron chi connectivity index (χ4n) is 4.07. The van der Waals surface area contributed by atoms with Crippen molar-refractivity contribution < 1.29 is 9.59 Å². The number of benzene rings is 1. The van der Waals surface area contributed by atoms with Gasteiger partial charge < -0.3 is 15.5 Å². The summed E-state index contributed by atoms with van der Waals surface area (Å²) in [6.07, 6.45) is 3.95. The van der Waals surface area contributed by atoms with E-state index >= 15 is 0 Å². The predicted molar refractivity (Wildman–Crippen MR) is 114 cm³/mol. The number of hydrogen-bond donors (Lipinski definition) is 2. The molecule has 0 saturated carbocycles. The van der Waals surface area contributed by atoms with Gasteiger partial charge in [0, 0.05) is 40.8 Å². The molecule has 2 aliphatic rings. The summed E-state index contributed by atoms with van der Waals surface area (Å²) in [7, 11) is 0. The Morgan fingerprint density at radius 3 is 2.86 bits per heavy atom. The van der Waals surface area contributed by atoms with Crippen LogP contribution in [0.2, 0.25) is 0 Å². The average molecular weight is 413 g/mol. The van der Waals surface area contributed by atoms with E-state index in [0.29, 0.717) is 17.7 Å². The van der Waals surface area contributed by atoms with Gasteiger partial charge in [-0.05, 0) is 64.3 Å². The molecular formula is C22H28N4O2S. The monoisotopic (exact) mass is 412 g/mol. The second-order valence-electron chi connectivity index (χ2n) is 8.31. The molecule has 2 aromatic rings. The maximum atomic E-state index is 13.2. The molecule has 3 heterocycles. The Kier molecular flexibility index (Phi) is 5.69. The number of carbonyl (C=O) groups is 2. The number of nitrogens with zero attached hydrogens (tertiary/aromatic N) is 2. The van der Waals surface area contributed by atoms with Crippen molar-refractivity contribution in [2.45, 2.75) is 51.1 Å². The lowest BCUT2D eigenvalue weighted by Crippen LogP contribution is -2.55. The quantitative estimate of drug-likeness (QED) is 0.763. The van der Waals surface area contributed by atoms with Crippen LogP contribution in [-0.2, 0) is 0 Å². The second kappa shape index (κ2) is 8.24. The van der Waals surface area contributed by atoms with E-state index in [-0.39, 0.29) is 23.4 Å². The third-order valence-electron chi connectivity index (χ3n) is 6.00. The van der Waals surface area contributed by atoms with E-state index in [1.807, 2.05) is 17.2 Å². The molecule has 2 aliphatic heterocycles. The van der Waals surface area contributed by atoms with Crippen LogP contribution in [0.15, 0.2) is 29.6 Å². The number of rotatable bonds is 6. The molecule has 2 atom stereocenters. The Morgan fingerprint density at radius 1 is 1.38 bits per heavy atom. The summed E-state index contributed by atoms with van der Waals surface area (Å²) in [4.78, 5) is 32.2. The Balaban J connectivity index is 1.42. The molecular weight excluding hydrogens is 384 g/mol. The summed E-state index contributed by atoms with van der Waals surface area (Å²) in [5, 5.41) is 9.42. The van der Waals surface area contributed by atoms with E-state index in [9.17, 15) is 9.59 Å². The first-order valence-electron chi connectivity index (χ1n) is 10.3. The van der Waals surface area contributed by atoms with Crippen LogP contribution in [0.25, 0.3) is 0 Å². The standard InChI is InChI=1S/C22H28N4O2S/c1-15-14-29-20(25-15)18-7-4-12-26(18)21(28)17-6-3-5-16(13-17)19(27)23-10-8-22(2)9-11-24-22/h3,5-6,13-14,18,24H,4,7-12H2,1-2H3,(H,23,27). The number of carbonyl (C=O) groups excluding carboxylic acids is 2. The maximum absolute atomic E-state index is 13.2. The molecule has 0 radical (unpaired) electrons. The highest BCUT2D eigenvalue weighted by atomic mass is 32.1. The zero-order valence-corrected chi connectivity index (χ0v) is 17.8. The first-order valence-corrected chi connectivity index (χ1v) is 11.2. The number of hydrogen-bond acceptors (Lipinski definition) is 5. The lowest BCUT2D eigenvalue weighted by atomic mass is 9.87.